The van der Waals surface area contributed by atoms with Crippen LogP contribution >= 0.6 is 27.5 Å². The number of rotatable bonds is 4. The average molecular weight is 353 g/mol. The molecule has 0 N–H and O–H groups in total. The fraction of sp³-hybridized carbons (Fsp3) is 0.0667. The number of benzene rings is 1. The van der Waals surface area contributed by atoms with E-state index in [1.807, 2.05) is 6.07 Å². The molecule has 0 aliphatic heterocycles. The Hall–Kier alpha value is -1.65. The minimum absolute atomic E-state index is 0.108. The Bertz CT molecular complexity index is 653. The van der Waals surface area contributed by atoms with E-state index in [0.29, 0.717) is 16.5 Å². The highest BCUT2D eigenvalue weighted by Gasteiger charge is 2.05. The average Bonchev–Trinajstić information content (AvgIpc) is 2.45. The summed E-state index contributed by atoms with van der Waals surface area (Å²) in [6, 6.07) is 8.57. The Balaban J connectivity index is 2.22. The second-order valence-corrected chi connectivity index (χ2v) is 5.31. The monoisotopic (exact) mass is 351 g/mol. The van der Waals surface area contributed by atoms with Crippen LogP contribution in [0.25, 0.3) is 6.08 Å². The lowest BCUT2D eigenvalue weighted by Crippen LogP contribution is -1.94. The number of carbonyl (C=O) groups is 1. The van der Waals surface area contributed by atoms with E-state index < -0.39 is 0 Å². The number of halogens is 2. The van der Waals surface area contributed by atoms with E-state index in [1.54, 1.807) is 36.5 Å². The predicted octanol–water partition coefficient (Wildman–Crippen LogP) is 4.40. The van der Waals surface area contributed by atoms with Gasteiger partial charge in [0.25, 0.3) is 0 Å². The molecule has 2 rings (SSSR count). The van der Waals surface area contributed by atoms with Gasteiger partial charge < -0.3 is 4.74 Å². The summed E-state index contributed by atoms with van der Waals surface area (Å²) >= 11 is 9.12. The molecule has 20 heavy (non-hydrogen) atoms. The van der Waals surface area contributed by atoms with Crippen molar-refractivity contribution in [2.75, 3.05) is 7.11 Å². The van der Waals surface area contributed by atoms with Crippen molar-refractivity contribution >= 4 is 39.4 Å². The van der Waals surface area contributed by atoms with Gasteiger partial charge in [0, 0.05) is 26.8 Å². The standard InChI is InChI=1S/C15H11BrClNO2/c1-20-15-11(8-12(16)9-18-15)4-7-14(19)10-2-5-13(17)6-3-10/h2-9H,1H3/b7-4+. The molecular formula is C15H11BrClNO2. The predicted molar refractivity (Wildman–Crippen MR) is 83.3 cm³/mol. The largest absolute Gasteiger partial charge is 0.481 e. The highest BCUT2D eigenvalue weighted by Crippen LogP contribution is 2.21. The summed E-state index contributed by atoms with van der Waals surface area (Å²) in [5.41, 5.74) is 1.30. The Morgan fingerprint density at radius 2 is 2.05 bits per heavy atom. The highest BCUT2D eigenvalue weighted by molar-refractivity contribution is 9.10. The minimum Gasteiger partial charge on any atom is -0.481 e. The zero-order valence-electron chi connectivity index (χ0n) is 10.6. The number of carbonyl (C=O) groups excluding carboxylic acids is 1. The second kappa shape index (κ2) is 6.68. The topological polar surface area (TPSA) is 39.2 Å². The summed E-state index contributed by atoms with van der Waals surface area (Å²) in [5, 5.41) is 0.600. The van der Waals surface area contributed by atoms with Gasteiger partial charge in [0.05, 0.1) is 7.11 Å². The summed E-state index contributed by atoms with van der Waals surface area (Å²) in [5.74, 6) is 0.358. The third-order valence-electron chi connectivity index (χ3n) is 2.58. The Morgan fingerprint density at radius 3 is 2.70 bits per heavy atom. The molecule has 0 radical (unpaired) electrons. The van der Waals surface area contributed by atoms with Crippen molar-refractivity contribution in [3.63, 3.8) is 0 Å². The van der Waals surface area contributed by atoms with Gasteiger partial charge in [-0.1, -0.05) is 11.6 Å². The van der Waals surface area contributed by atoms with Crippen LogP contribution in [0.5, 0.6) is 5.88 Å². The third-order valence-corrected chi connectivity index (χ3v) is 3.27. The Morgan fingerprint density at radius 1 is 1.35 bits per heavy atom. The van der Waals surface area contributed by atoms with Crippen molar-refractivity contribution in [3.8, 4) is 5.88 Å². The molecule has 0 fully saturated rings. The van der Waals surface area contributed by atoms with Crippen LogP contribution in [-0.2, 0) is 0 Å². The first-order valence-electron chi connectivity index (χ1n) is 5.77. The normalized spacial score (nSPS) is 10.8. The van der Waals surface area contributed by atoms with Crippen molar-refractivity contribution in [2.24, 2.45) is 0 Å². The van der Waals surface area contributed by atoms with E-state index in [0.717, 1.165) is 10.0 Å². The Kier molecular flexibility index (Phi) is 4.93. The van der Waals surface area contributed by atoms with Gasteiger partial charge in [-0.05, 0) is 58.4 Å². The number of allylic oxidation sites excluding steroid dienone is 1. The van der Waals surface area contributed by atoms with Gasteiger partial charge in [0.1, 0.15) is 0 Å². The molecule has 5 heteroatoms. The zero-order valence-corrected chi connectivity index (χ0v) is 13.0. The number of aromatic nitrogens is 1. The van der Waals surface area contributed by atoms with Crippen LogP contribution in [0.3, 0.4) is 0 Å². The molecule has 0 saturated carbocycles. The zero-order chi connectivity index (χ0) is 14.5. The fourth-order valence-corrected chi connectivity index (χ4v) is 2.08. The smallest absolute Gasteiger partial charge is 0.220 e. The van der Waals surface area contributed by atoms with E-state index in [-0.39, 0.29) is 5.78 Å². The molecule has 0 bridgehead atoms. The van der Waals surface area contributed by atoms with Crippen molar-refractivity contribution in [1.82, 2.24) is 4.98 Å². The van der Waals surface area contributed by atoms with Crippen LogP contribution in [0.15, 0.2) is 47.1 Å². The van der Waals surface area contributed by atoms with Gasteiger partial charge in [0.2, 0.25) is 5.88 Å². The quantitative estimate of drug-likeness (QED) is 0.604. The molecule has 0 atom stereocenters. The SMILES string of the molecule is COc1ncc(Br)cc1/C=C/C(=O)c1ccc(Cl)cc1. The lowest BCUT2D eigenvalue weighted by Gasteiger charge is -2.03. The van der Waals surface area contributed by atoms with E-state index in [2.05, 4.69) is 20.9 Å². The lowest BCUT2D eigenvalue weighted by molar-refractivity contribution is 0.104. The van der Waals surface area contributed by atoms with Crippen LogP contribution in [0.2, 0.25) is 5.02 Å². The maximum Gasteiger partial charge on any atom is 0.220 e. The number of nitrogens with zero attached hydrogens (tertiary/aromatic N) is 1. The molecule has 3 nitrogen and oxygen atoms in total. The van der Waals surface area contributed by atoms with Crippen molar-refractivity contribution in [3.05, 3.63) is 63.2 Å². The first-order valence-corrected chi connectivity index (χ1v) is 6.95. The van der Waals surface area contributed by atoms with Gasteiger partial charge in [-0.15, -0.1) is 0 Å². The summed E-state index contributed by atoms with van der Waals surface area (Å²) in [4.78, 5) is 16.1. The van der Waals surface area contributed by atoms with Gasteiger partial charge in [0.15, 0.2) is 5.78 Å². The Labute approximate surface area is 130 Å². The first-order chi connectivity index (χ1) is 9.60. The molecule has 1 heterocycles. The number of ether oxygens (including phenoxy) is 1. The van der Waals surface area contributed by atoms with Crippen LogP contribution < -0.4 is 4.74 Å². The maximum atomic E-state index is 12.0. The van der Waals surface area contributed by atoms with E-state index in [1.165, 1.54) is 13.2 Å². The van der Waals surface area contributed by atoms with Crippen LogP contribution in [0.4, 0.5) is 0 Å². The molecule has 0 aliphatic carbocycles. The molecule has 0 saturated heterocycles. The van der Waals surface area contributed by atoms with Gasteiger partial charge in [-0.3, -0.25) is 4.79 Å². The summed E-state index contributed by atoms with van der Waals surface area (Å²) in [6.07, 6.45) is 4.79. The summed E-state index contributed by atoms with van der Waals surface area (Å²) in [7, 11) is 1.54. The van der Waals surface area contributed by atoms with E-state index in [9.17, 15) is 4.79 Å². The van der Waals surface area contributed by atoms with Crippen LogP contribution in [0, 0.1) is 0 Å². The van der Waals surface area contributed by atoms with E-state index in [4.69, 9.17) is 16.3 Å². The van der Waals surface area contributed by atoms with Crippen molar-refractivity contribution in [1.29, 1.82) is 0 Å². The highest BCUT2D eigenvalue weighted by atomic mass is 79.9. The van der Waals surface area contributed by atoms with Gasteiger partial charge in [-0.2, -0.15) is 0 Å². The molecular weight excluding hydrogens is 342 g/mol. The molecule has 1 aromatic heterocycles. The number of hydrogen-bond acceptors (Lipinski definition) is 3. The summed E-state index contributed by atoms with van der Waals surface area (Å²) < 4.78 is 5.96. The van der Waals surface area contributed by atoms with Gasteiger partial charge in [-0.25, -0.2) is 4.98 Å². The fourth-order valence-electron chi connectivity index (χ4n) is 1.61. The minimum atomic E-state index is -0.108. The molecule has 0 aliphatic rings. The molecule has 0 amide bonds. The first kappa shape index (κ1) is 14.8. The van der Waals surface area contributed by atoms with Crippen molar-refractivity contribution < 1.29 is 9.53 Å². The molecule has 2 aromatic rings. The number of methoxy groups -OCH3 is 1. The maximum absolute atomic E-state index is 12.0. The molecule has 1 aromatic carbocycles. The van der Waals surface area contributed by atoms with Gasteiger partial charge >= 0.3 is 0 Å². The second-order valence-electron chi connectivity index (χ2n) is 3.96. The lowest BCUT2D eigenvalue weighted by atomic mass is 10.1. The van der Waals surface area contributed by atoms with Crippen LogP contribution in [-0.4, -0.2) is 17.9 Å². The number of ketones is 1. The molecule has 0 unspecified atom stereocenters. The van der Waals surface area contributed by atoms with E-state index >= 15 is 0 Å². The van der Waals surface area contributed by atoms with Crippen molar-refractivity contribution in [2.45, 2.75) is 0 Å². The molecule has 0 spiro atoms. The summed E-state index contributed by atoms with van der Waals surface area (Å²) in [6.45, 7) is 0. The third kappa shape index (κ3) is 3.68. The number of pyridine rings is 1. The number of hydrogen-bond donors (Lipinski definition) is 0. The van der Waals surface area contributed by atoms with Crippen LogP contribution in [0.1, 0.15) is 15.9 Å². The molecule has 102 valence electrons.